The minimum absolute atomic E-state index is 0.130. The summed E-state index contributed by atoms with van der Waals surface area (Å²) in [6.07, 6.45) is 0. The Bertz CT molecular complexity index is 6040. The molecule has 0 saturated heterocycles. The van der Waals surface area contributed by atoms with Gasteiger partial charge in [-0.2, -0.15) is 0 Å². The topological polar surface area (TPSA) is 11.4 Å². The molecule has 0 fully saturated rings. The van der Waals surface area contributed by atoms with Gasteiger partial charge in [0.25, 0.3) is 6.71 Å². The van der Waals surface area contributed by atoms with Gasteiger partial charge in [0, 0.05) is 61.2 Å². The van der Waals surface area contributed by atoms with E-state index >= 15 is 0 Å². The van der Waals surface area contributed by atoms with E-state index in [0.29, 0.717) is 0 Å². The summed E-state index contributed by atoms with van der Waals surface area (Å²) in [5.41, 5.74) is 32.9. The lowest BCUT2D eigenvalue weighted by molar-refractivity contribution is 0.591. The Kier molecular flexibility index (Phi) is 14.9. The zero-order valence-corrected chi connectivity index (χ0v) is 59.3. The standard InChI is InChI=1S/C102H72BN3/c1-102(2,3)79-54-57-92-89(64-79)97-83-50-30-28-48-81(83)82-49-29-31-51-84(82)101(97)104(92)80-65-95-98-96(66-80)106(100-87(73-44-24-10-25-45-73)60-78(70-38-18-7-19-39-70)61-88(100)74-46-26-11-27-47-74)94-56-53-76(68-34-14-5-15-35-68)63-91(94)103(98)90-62-75(67-32-12-4-13-33-67)52-55-93(90)105(95)99-85(71-40-20-8-21-41-71)58-77(69-36-16-6-17-37-69)59-86(99)72-42-22-9-23-43-72/h4-66H,1-3H3. The first-order valence-corrected chi connectivity index (χ1v) is 37.0. The van der Waals surface area contributed by atoms with Crippen molar-refractivity contribution in [2.24, 2.45) is 0 Å². The van der Waals surface area contributed by atoms with Crippen LogP contribution in [0.2, 0.25) is 0 Å². The van der Waals surface area contributed by atoms with Crippen LogP contribution in [0.3, 0.4) is 0 Å². The van der Waals surface area contributed by atoms with Crippen molar-refractivity contribution < 1.29 is 0 Å². The second kappa shape index (κ2) is 25.3. The summed E-state index contributed by atoms with van der Waals surface area (Å²) in [4.78, 5) is 5.42. The second-order valence-electron chi connectivity index (χ2n) is 29.4. The number of benzene rings is 17. The first kappa shape index (κ1) is 62.5. The average molecular weight is 1350 g/mol. The summed E-state index contributed by atoms with van der Waals surface area (Å²) < 4.78 is 2.65. The molecule has 20 rings (SSSR count). The Balaban J connectivity index is 1.02. The predicted octanol–water partition coefficient (Wildman–Crippen LogP) is 25.8. The Hall–Kier alpha value is -13.3. The van der Waals surface area contributed by atoms with Gasteiger partial charge >= 0.3 is 0 Å². The molecule has 18 aromatic rings. The molecular formula is C102H72BN3. The highest BCUT2D eigenvalue weighted by Gasteiger charge is 2.46. The highest BCUT2D eigenvalue weighted by atomic mass is 15.2. The lowest BCUT2D eigenvalue weighted by atomic mass is 9.33. The zero-order chi connectivity index (χ0) is 70.6. The van der Waals surface area contributed by atoms with Gasteiger partial charge in [0.1, 0.15) is 0 Å². The van der Waals surface area contributed by atoms with Crippen LogP contribution in [-0.4, -0.2) is 11.3 Å². The maximum Gasteiger partial charge on any atom is 0.252 e. The van der Waals surface area contributed by atoms with Crippen LogP contribution < -0.4 is 26.2 Å². The van der Waals surface area contributed by atoms with Gasteiger partial charge in [-0.25, -0.2) is 0 Å². The van der Waals surface area contributed by atoms with Gasteiger partial charge in [0.05, 0.1) is 28.1 Å². The van der Waals surface area contributed by atoms with Crippen LogP contribution in [0.4, 0.5) is 34.1 Å². The van der Waals surface area contributed by atoms with Crippen LogP contribution in [-0.2, 0) is 5.41 Å². The van der Waals surface area contributed by atoms with Gasteiger partial charge in [-0.3, -0.25) is 0 Å². The largest absolute Gasteiger partial charge is 0.310 e. The lowest BCUT2D eigenvalue weighted by Gasteiger charge is -2.46. The fourth-order valence-corrected chi connectivity index (χ4v) is 17.3. The minimum Gasteiger partial charge on any atom is -0.310 e. The molecule has 3 heterocycles. The number of anilines is 6. The van der Waals surface area contributed by atoms with Crippen molar-refractivity contribution in [2.45, 2.75) is 26.2 Å². The summed E-state index contributed by atoms with van der Waals surface area (Å²) >= 11 is 0. The van der Waals surface area contributed by atoms with Gasteiger partial charge in [-0.05, 0) is 171 Å². The third-order valence-corrected chi connectivity index (χ3v) is 22.2. The van der Waals surface area contributed by atoms with Crippen LogP contribution in [0.5, 0.6) is 0 Å². The normalized spacial score (nSPS) is 12.4. The Morgan fingerprint density at radius 3 is 0.953 bits per heavy atom. The van der Waals surface area contributed by atoms with Crippen LogP contribution in [0.1, 0.15) is 26.3 Å². The minimum atomic E-state index is -0.297. The van der Waals surface area contributed by atoms with E-state index in [0.717, 1.165) is 134 Å². The molecule has 0 N–H and O–H groups in total. The van der Waals surface area contributed by atoms with Crippen molar-refractivity contribution in [3.05, 3.63) is 388 Å². The maximum atomic E-state index is 2.71. The van der Waals surface area contributed by atoms with Crippen LogP contribution in [0.25, 0.3) is 138 Å². The van der Waals surface area contributed by atoms with E-state index in [1.165, 1.54) is 59.8 Å². The monoisotopic (exact) mass is 1350 g/mol. The molecule has 0 bridgehead atoms. The number of hydrogen-bond acceptors (Lipinski definition) is 2. The Morgan fingerprint density at radius 1 is 0.245 bits per heavy atom. The quantitative estimate of drug-likeness (QED) is 0.0944. The van der Waals surface area contributed by atoms with E-state index in [1.807, 2.05) is 0 Å². The smallest absolute Gasteiger partial charge is 0.252 e. The average Bonchev–Trinajstić information content (AvgIpc) is 1.03. The molecule has 0 atom stereocenters. The molecule has 2 aliphatic rings. The number of rotatable bonds is 11. The SMILES string of the molecule is CC(C)(C)c1ccc2c(c1)c1c3ccccc3c3ccccc3c1n2-c1cc2c3c(c1)N(c1c(-c4ccccc4)cc(-c4ccccc4)cc1-c1ccccc1)c1ccc(-c4ccccc4)cc1B3c1cc(-c3ccccc3)ccc1N2c1c(-c2ccccc2)cc(-c2ccccc2)cc1-c1ccccc1. The van der Waals surface area contributed by atoms with Crippen LogP contribution in [0.15, 0.2) is 382 Å². The molecule has 1 aromatic heterocycles. The van der Waals surface area contributed by atoms with Crippen molar-refractivity contribution in [3.8, 4) is 94.7 Å². The van der Waals surface area contributed by atoms with E-state index in [1.54, 1.807) is 0 Å². The first-order chi connectivity index (χ1) is 52.3. The molecule has 0 unspecified atom stereocenters. The third kappa shape index (κ3) is 10.3. The summed E-state index contributed by atoms with van der Waals surface area (Å²) in [6, 6.07) is 144. The molecular weight excluding hydrogens is 1280 g/mol. The van der Waals surface area contributed by atoms with Gasteiger partial charge in [-0.1, -0.05) is 342 Å². The van der Waals surface area contributed by atoms with Gasteiger partial charge in [-0.15, -0.1) is 0 Å². The van der Waals surface area contributed by atoms with Crippen molar-refractivity contribution in [2.75, 3.05) is 9.80 Å². The third-order valence-electron chi connectivity index (χ3n) is 22.2. The van der Waals surface area contributed by atoms with Crippen molar-refractivity contribution in [1.29, 1.82) is 0 Å². The Labute approximate surface area is 619 Å². The molecule has 3 nitrogen and oxygen atoms in total. The van der Waals surface area contributed by atoms with Crippen LogP contribution in [0, 0.1) is 0 Å². The summed E-state index contributed by atoms with van der Waals surface area (Å²) in [5.74, 6) is 0. The lowest BCUT2D eigenvalue weighted by Crippen LogP contribution is -2.61. The number of nitrogens with zero attached hydrogens (tertiary/aromatic N) is 3. The molecule has 4 heteroatoms. The molecule has 498 valence electrons. The highest BCUT2D eigenvalue weighted by Crippen LogP contribution is 2.56. The van der Waals surface area contributed by atoms with E-state index in [4.69, 9.17) is 0 Å². The predicted molar refractivity (Wildman–Crippen MR) is 452 cm³/mol. The molecule has 0 spiro atoms. The molecule has 0 saturated carbocycles. The summed E-state index contributed by atoms with van der Waals surface area (Å²) in [6.45, 7) is 6.73. The molecule has 17 aromatic carbocycles. The fraction of sp³-hybridized carbons (Fsp3) is 0.0392. The number of fused-ring (bicyclic) bond motifs is 12. The van der Waals surface area contributed by atoms with Gasteiger partial charge < -0.3 is 14.4 Å². The van der Waals surface area contributed by atoms with Gasteiger partial charge in [0.15, 0.2) is 0 Å². The Morgan fingerprint density at radius 2 is 0.575 bits per heavy atom. The first-order valence-electron chi connectivity index (χ1n) is 37.0. The van der Waals surface area contributed by atoms with Crippen LogP contribution >= 0.6 is 0 Å². The van der Waals surface area contributed by atoms with E-state index in [9.17, 15) is 0 Å². The maximum absolute atomic E-state index is 2.71. The van der Waals surface area contributed by atoms with E-state index in [-0.39, 0.29) is 12.1 Å². The van der Waals surface area contributed by atoms with E-state index in [2.05, 4.69) is 417 Å². The number of hydrogen-bond donors (Lipinski definition) is 0. The van der Waals surface area contributed by atoms with Crippen molar-refractivity contribution in [3.63, 3.8) is 0 Å². The summed E-state index contributed by atoms with van der Waals surface area (Å²) in [5, 5.41) is 7.36. The molecule has 2 aliphatic heterocycles. The summed E-state index contributed by atoms with van der Waals surface area (Å²) in [7, 11) is 0. The second-order valence-corrected chi connectivity index (χ2v) is 29.4. The number of aromatic nitrogens is 1. The molecule has 0 radical (unpaired) electrons. The molecule has 0 aliphatic carbocycles. The van der Waals surface area contributed by atoms with Crippen molar-refractivity contribution >= 4 is 101 Å². The fourth-order valence-electron chi connectivity index (χ4n) is 17.3. The van der Waals surface area contributed by atoms with E-state index < -0.39 is 0 Å². The zero-order valence-electron chi connectivity index (χ0n) is 59.3. The molecule has 0 amide bonds. The highest BCUT2D eigenvalue weighted by molar-refractivity contribution is 7.00. The molecule has 106 heavy (non-hydrogen) atoms. The van der Waals surface area contributed by atoms with Gasteiger partial charge in [0.2, 0.25) is 0 Å². The van der Waals surface area contributed by atoms with Crippen molar-refractivity contribution in [1.82, 2.24) is 4.57 Å².